The van der Waals surface area contributed by atoms with Crippen LogP contribution in [0.1, 0.15) is 19.4 Å². The highest BCUT2D eigenvalue weighted by Gasteiger charge is 2.08. The Morgan fingerprint density at radius 2 is 1.93 bits per heavy atom. The van der Waals surface area contributed by atoms with Gasteiger partial charge < -0.3 is 5.11 Å². The summed E-state index contributed by atoms with van der Waals surface area (Å²) < 4.78 is 0. The smallest absolute Gasteiger partial charge is 0.121 e. The van der Waals surface area contributed by atoms with E-state index >= 15 is 0 Å². The fourth-order valence-corrected chi connectivity index (χ4v) is 1.60. The van der Waals surface area contributed by atoms with Gasteiger partial charge in [-0.1, -0.05) is 31.5 Å². The molecule has 0 saturated heterocycles. The second-order valence-electron chi connectivity index (χ2n) is 3.20. The van der Waals surface area contributed by atoms with Crippen molar-refractivity contribution < 1.29 is 5.11 Å². The van der Waals surface area contributed by atoms with Crippen molar-refractivity contribution in [2.24, 2.45) is 0 Å². The number of hydrogen-bond donors (Lipinski definition) is 1. The third kappa shape index (κ3) is 2.63. The van der Waals surface area contributed by atoms with E-state index < -0.39 is 0 Å². The summed E-state index contributed by atoms with van der Waals surface area (Å²) in [5.41, 5.74) is 0.817. The lowest BCUT2D eigenvalue weighted by Crippen LogP contribution is -2.22. The topological polar surface area (TPSA) is 23.5 Å². The van der Waals surface area contributed by atoms with Crippen molar-refractivity contribution in [1.82, 2.24) is 4.90 Å². The zero-order valence-electron chi connectivity index (χ0n) is 8.63. The first-order valence-corrected chi connectivity index (χ1v) is 5.25. The van der Waals surface area contributed by atoms with Gasteiger partial charge >= 0.3 is 0 Å². The van der Waals surface area contributed by atoms with Gasteiger partial charge in [0.05, 0.1) is 0 Å². The van der Waals surface area contributed by atoms with Crippen molar-refractivity contribution in [2.45, 2.75) is 20.4 Å². The minimum absolute atomic E-state index is 0.282. The molecule has 0 amide bonds. The van der Waals surface area contributed by atoms with E-state index in [-0.39, 0.29) is 5.75 Å². The number of rotatable bonds is 4. The van der Waals surface area contributed by atoms with Gasteiger partial charge in [0.25, 0.3) is 0 Å². The molecule has 0 radical (unpaired) electrons. The molecule has 2 nitrogen and oxygen atoms in total. The van der Waals surface area contributed by atoms with Crippen LogP contribution in [0.2, 0.25) is 5.02 Å². The Morgan fingerprint density at radius 1 is 1.29 bits per heavy atom. The van der Waals surface area contributed by atoms with Crippen molar-refractivity contribution in [1.29, 1.82) is 0 Å². The Balaban J connectivity index is 2.84. The molecule has 0 aromatic heterocycles. The van der Waals surface area contributed by atoms with Crippen molar-refractivity contribution in [2.75, 3.05) is 13.1 Å². The number of halogens is 1. The molecule has 0 spiro atoms. The molecule has 0 atom stereocenters. The van der Waals surface area contributed by atoms with Gasteiger partial charge in [-0.3, -0.25) is 4.90 Å². The van der Waals surface area contributed by atoms with Gasteiger partial charge in [0.1, 0.15) is 5.75 Å². The Bertz CT molecular complexity index is 277. The summed E-state index contributed by atoms with van der Waals surface area (Å²) in [5, 5.41) is 10.3. The molecule has 1 aromatic rings. The number of hydrogen-bond acceptors (Lipinski definition) is 2. The predicted molar refractivity (Wildman–Crippen MR) is 59.7 cm³/mol. The Labute approximate surface area is 90.1 Å². The van der Waals surface area contributed by atoms with Gasteiger partial charge in [-0.2, -0.15) is 0 Å². The quantitative estimate of drug-likeness (QED) is 0.832. The first-order valence-electron chi connectivity index (χ1n) is 4.87. The second kappa shape index (κ2) is 5.23. The van der Waals surface area contributed by atoms with Gasteiger partial charge in [0.15, 0.2) is 0 Å². The maximum absolute atomic E-state index is 9.62. The van der Waals surface area contributed by atoms with Crippen LogP contribution in [0.25, 0.3) is 0 Å². The molecule has 0 unspecified atom stereocenters. The number of nitrogens with zero attached hydrogens (tertiary/aromatic N) is 1. The summed E-state index contributed by atoms with van der Waals surface area (Å²) >= 11 is 6.00. The van der Waals surface area contributed by atoms with Crippen LogP contribution in [0.3, 0.4) is 0 Å². The molecule has 0 aliphatic heterocycles. The summed E-state index contributed by atoms with van der Waals surface area (Å²) in [6, 6.07) is 5.23. The predicted octanol–water partition coefficient (Wildman–Crippen LogP) is 2.89. The summed E-state index contributed by atoms with van der Waals surface area (Å²) in [7, 11) is 0. The van der Waals surface area contributed by atoms with E-state index in [1.807, 2.05) is 0 Å². The average Bonchev–Trinajstić information content (AvgIpc) is 2.18. The lowest BCUT2D eigenvalue weighted by atomic mass is 10.2. The molecule has 14 heavy (non-hydrogen) atoms. The van der Waals surface area contributed by atoms with Crippen LogP contribution in [-0.2, 0) is 6.54 Å². The summed E-state index contributed by atoms with van der Waals surface area (Å²) in [6.07, 6.45) is 0. The summed E-state index contributed by atoms with van der Waals surface area (Å²) in [6.45, 7) is 6.82. The normalized spacial score (nSPS) is 10.9. The molecular weight excluding hydrogens is 198 g/mol. The third-order valence-electron chi connectivity index (χ3n) is 2.37. The summed E-state index contributed by atoms with van der Waals surface area (Å²) in [5.74, 6) is 0.282. The van der Waals surface area contributed by atoms with E-state index in [1.165, 1.54) is 0 Å². The number of phenols is 1. The lowest BCUT2D eigenvalue weighted by molar-refractivity contribution is 0.291. The molecule has 0 saturated carbocycles. The minimum atomic E-state index is 0.282. The fraction of sp³-hybridized carbons (Fsp3) is 0.455. The van der Waals surface area contributed by atoms with Crippen molar-refractivity contribution in [3.63, 3.8) is 0 Å². The van der Waals surface area contributed by atoms with E-state index in [1.54, 1.807) is 18.2 Å². The van der Waals surface area contributed by atoms with Gasteiger partial charge in [-0.25, -0.2) is 0 Å². The largest absolute Gasteiger partial charge is 0.508 e. The fourth-order valence-electron chi connectivity index (χ4n) is 1.37. The van der Waals surface area contributed by atoms with Crippen LogP contribution >= 0.6 is 11.6 Å². The highest BCUT2D eigenvalue weighted by atomic mass is 35.5. The number of benzene rings is 1. The molecule has 0 heterocycles. The molecule has 0 fully saturated rings. The van der Waals surface area contributed by atoms with E-state index in [9.17, 15) is 5.11 Å². The van der Waals surface area contributed by atoms with E-state index in [2.05, 4.69) is 18.7 Å². The van der Waals surface area contributed by atoms with Crippen LogP contribution in [0.15, 0.2) is 18.2 Å². The minimum Gasteiger partial charge on any atom is -0.508 e. The van der Waals surface area contributed by atoms with Crippen LogP contribution in [0, 0.1) is 0 Å². The highest BCUT2D eigenvalue weighted by molar-refractivity contribution is 6.31. The van der Waals surface area contributed by atoms with Gasteiger partial charge in [0, 0.05) is 17.1 Å². The molecule has 0 aliphatic carbocycles. The van der Waals surface area contributed by atoms with Crippen LogP contribution < -0.4 is 0 Å². The third-order valence-corrected chi connectivity index (χ3v) is 2.72. The standard InChI is InChI=1S/C11H16ClNO/c1-3-13(4-2)8-9-10(12)6-5-7-11(9)14/h5-7,14H,3-4,8H2,1-2H3. The van der Waals surface area contributed by atoms with Crippen LogP contribution in [0.4, 0.5) is 0 Å². The van der Waals surface area contributed by atoms with E-state index in [0.717, 1.165) is 18.7 Å². The average molecular weight is 214 g/mol. The molecule has 0 bridgehead atoms. The molecule has 1 rings (SSSR count). The Morgan fingerprint density at radius 3 is 2.43 bits per heavy atom. The molecular formula is C11H16ClNO. The highest BCUT2D eigenvalue weighted by Crippen LogP contribution is 2.26. The first-order chi connectivity index (χ1) is 6.69. The van der Waals surface area contributed by atoms with Gasteiger partial charge in [-0.05, 0) is 25.2 Å². The van der Waals surface area contributed by atoms with Crippen molar-refractivity contribution in [3.05, 3.63) is 28.8 Å². The second-order valence-corrected chi connectivity index (χ2v) is 3.61. The Kier molecular flexibility index (Phi) is 4.23. The first kappa shape index (κ1) is 11.3. The van der Waals surface area contributed by atoms with Gasteiger partial charge in [0.2, 0.25) is 0 Å². The molecule has 1 N–H and O–H groups in total. The SMILES string of the molecule is CCN(CC)Cc1c(O)cccc1Cl. The lowest BCUT2D eigenvalue weighted by Gasteiger charge is -2.19. The molecule has 78 valence electrons. The molecule has 3 heteroatoms. The maximum atomic E-state index is 9.62. The molecule has 0 aliphatic rings. The van der Waals surface area contributed by atoms with E-state index in [0.29, 0.717) is 11.6 Å². The molecule has 1 aromatic carbocycles. The van der Waals surface area contributed by atoms with Gasteiger partial charge in [-0.15, -0.1) is 0 Å². The monoisotopic (exact) mass is 213 g/mol. The maximum Gasteiger partial charge on any atom is 0.121 e. The number of phenolic OH excluding ortho intramolecular Hbond substituents is 1. The Hall–Kier alpha value is -0.730. The van der Waals surface area contributed by atoms with Crippen LogP contribution in [0.5, 0.6) is 5.75 Å². The zero-order valence-corrected chi connectivity index (χ0v) is 9.38. The van der Waals surface area contributed by atoms with E-state index in [4.69, 9.17) is 11.6 Å². The van der Waals surface area contributed by atoms with Crippen LogP contribution in [-0.4, -0.2) is 23.1 Å². The number of aromatic hydroxyl groups is 1. The van der Waals surface area contributed by atoms with Crippen molar-refractivity contribution >= 4 is 11.6 Å². The zero-order chi connectivity index (χ0) is 10.6. The summed E-state index contributed by atoms with van der Waals surface area (Å²) in [4.78, 5) is 2.21. The van der Waals surface area contributed by atoms with Crippen molar-refractivity contribution in [3.8, 4) is 5.75 Å².